The number of aromatic nitrogens is 2. The molecule has 2 heterocycles. The highest BCUT2D eigenvalue weighted by Gasteiger charge is 2.31. The second-order valence-corrected chi connectivity index (χ2v) is 5.09. The molecule has 2 N–H and O–H groups in total. The minimum Gasteiger partial charge on any atom is -0.342 e. The fourth-order valence-electron chi connectivity index (χ4n) is 2.56. The van der Waals surface area contributed by atoms with E-state index >= 15 is 0 Å². The Labute approximate surface area is 108 Å². The summed E-state index contributed by atoms with van der Waals surface area (Å²) in [7, 11) is 0. The molecule has 0 radical (unpaired) electrons. The molecule has 1 aliphatic rings. The van der Waals surface area contributed by atoms with Gasteiger partial charge in [0.2, 0.25) is 0 Å². The van der Waals surface area contributed by atoms with Gasteiger partial charge in [-0.1, -0.05) is 6.92 Å². The monoisotopic (exact) mass is 269 g/mol. The Hall–Kier alpha value is -1.56. The maximum Gasteiger partial charge on any atom is 0.416 e. The summed E-state index contributed by atoms with van der Waals surface area (Å²) in [6.07, 6.45) is -4.32. The van der Waals surface area contributed by atoms with Gasteiger partial charge in [0.25, 0.3) is 0 Å². The molecule has 1 saturated heterocycles. The molecule has 3 nitrogen and oxygen atoms in total. The molecule has 0 aliphatic carbocycles. The van der Waals surface area contributed by atoms with Gasteiger partial charge in [-0.3, -0.25) is 0 Å². The van der Waals surface area contributed by atoms with Crippen LogP contribution in [-0.4, -0.2) is 23.1 Å². The van der Waals surface area contributed by atoms with E-state index in [9.17, 15) is 13.2 Å². The highest BCUT2D eigenvalue weighted by molar-refractivity contribution is 5.76. The summed E-state index contributed by atoms with van der Waals surface area (Å²) >= 11 is 0. The first-order chi connectivity index (χ1) is 8.95. The lowest BCUT2D eigenvalue weighted by Gasteiger charge is -2.09. The van der Waals surface area contributed by atoms with Crippen molar-refractivity contribution in [1.82, 2.24) is 15.3 Å². The Balaban J connectivity index is 2.01. The van der Waals surface area contributed by atoms with Gasteiger partial charge in [0.05, 0.1) is 16.6 Å². The quantitative estimate of drug-likeness (QED) is 0.835. The molecular formula is C13H14F3N3. The first kappa shape index (κ1) is 12.5. The van der Waals surface area contributed by atoms with Gasteiger partial charge in [0.15, 0.2) is 0 Å². The number of halogens is 3. The first-order valence-electron chi connectivity index (χ1n) is 6.23. The molecule has 0 spiro atoms. The molecule has 2 atom stereocenters. The summed E-state index contributed by atoms with van der Waals surface area (Å²) in [6, 6.07) is 3.62. The van der Waals surface area contributed by atoms with Gasteiger partial charge in [-0.05, 0) is 30.7 Å². The molecule has 2 aromatic rings. The van der Waals surface area contributed by atoms with Crippen LogP contribution in [0.3, 0.4) is 0 Å². The third-order valence-electron chi connectivity index (χ3n) is 3.70. The zero-order chi connectivity index (χ0) is 13.6. The van der Waals surface area contributed by atoms with E-state index in [0.717, 1.165) is 31.0 Å². The molecule has 3 rings (SSSR count). The fraction of sp³-hybridized carbons (Fsp3) is 0.462. The van der Waals surface area contributed by atoms with Crippen LogP contribution in [0.25, 0.3) is 11.0 Å². The van der Waals surface area contributed by atoms with Crippen LogP contribution < -0.4 is 5.32 Å². The van der Waals surface area contributed by atoms with Crippen LogP contribution in [0.5, 0.6) is 0 Å². The molecule has 6 heteroatoms. The molecule has 1 aliphatic heterocycles. The van der Waals surface area contributed by atoms with Gasteiger partial charge in [0.1, 0.15) is 5.82 Å². The smallest absolute Gasteiger partial charge is 0.342 e. The Morgan fingerprint density at radius 1 is 1.26 bits per heavy atom. The molecule has 0 bridgehead atoms. The number of hydrogen-bond acceptors (Lipinski definition) is 2. The minimum absolute atomic E-state index is 0.238. The van der Waals surface area contributed by atoms with Gasteiger partial charge in [-0.2, -0.15) is 13.2 Å². The molecular weight excluding hydrogens is 255 g/mol. The largest absolute Gasteiger partial charge is 0.416 e. The lowest BCUT2D eigenvalue weighted by Crippen LogP contribution is -2.09. The molecule has 0 amide bonds. The predicted molar refractivity (Wildman–Crippen MR) is 65.9 cm³/mol. The summed E-state index contributed by atoms with van der Waals surface area (Å²) in [4.78, 5) is 7.43. The molecule has 19 heavy (non-hydrogen) atoms. The van der Waals surface area contributed by atoms with Crippen LogP contribution in [0.4, 0.5) is 13.2 Å². The Morgan fingerprint density at radius 3 is 2.68 bits per heavy atom. The van der Waals surface area contributed by atoms with E-state index in [0.29, 0.717) is 17.0 Å². The normalized spacial score (nSPS) is 24.2. The first-order valence-corrected chi connectivity index (χ1v) is 6.23. The van der Waals surface area contributed by atoms with Crippen molar-refractivity contribution in [3.8, 4) is 0 Å². The van der Waals surface area contributed by atoms with Crippen molar-refractivity contribution in [3.63, 3.8) is 0 Å². The summed E-state index contributed by atoms with van der Waals surface area (Å²) < 4.78 is 37.9. The number of H-pyrrole nitrogens is 1. The Morgan fingerprint density at radius 2 is 2.05 bits per heavy atom. The van der Waals surface area contributed by atoms with Crippen molar-refractivity contribution >= 4 is 11.0 Å². The van der Waals surface area contributed by atoms with Crippen molar-refractivity contribution in [2.24, 2.45) is 5.92 Å². The van der Waals surface area contributed by atoms with E-state index in [1.165, 1.54) is 6.07 Å². The lowest BCUT2D eigenvalue weighted by molar-refractivity contribution is -0.137. The van der Waals surface area contributed by atoms with Gasteiger partial charge in [-0.25, -0.2) is 4.98 Å². The van der Waals surface area contributed by atoms with E-state index in [4.69, 9.17) is 0 Å². The number of fused-ring (bicyclic) bond motifs is 1. The highest BCUT2D eigenvalue weighted by Crippen LogP contribution is 2.32. The van der Waals surface area contributed by atoms with Crippen LogP contribution in [-0.2, 0) is 6.18 Å². The van der Waals surface area contributed by atoms with E-state index in [1.807, 2.05) is 0 Å². The number of aromatic amines is 1. The van der Waals surface area contributed by atoms with Crippen molar-refractivity contribution in [3.05, 3.63) is 29.6 Å². The van der Waals surface area contributed by atoms with Gasteiger partial charge in [-0.15, -0.1) is 0 Å². The average molecular weight is 269 g/mol. The van der Waals surface area contributed by atoms with Gasteiger partial charge in [0, 0.05) is 12.5 Å². The average Bonchev–Trinajstić information content (AvgIpc) is 2.91. The number of rotatable bonds is 1. The lowest BCUT2D eigenvalue weighted by atomic mass is 9.98. The summed E-state index contributed by atoms with van der Waals surface area (Å²) in [5.41, 5.74) is 0.388. The van der Waals surface area contributed by atoms with E-state index in [2.05, 4.69) is 22.2 Å². The van der Waals surface area contributed by atoms with E-state index < -0.39 is 11.7 Å². The molecule has 1 aromatic heterocycles. The number of nitrogens with zero attached hydrogens (tertiary/aromatic N) is 1. The van der Waals surface area contributed by atoms with Crippen molar-refractivity contribution in [2.75, 3.05) is 13.1 Å². The maximum absolute atomic E-state index is 12.6. The third-order valence-corrected chi connectivity index (χ3v) is 3.70. The summed E-state index contributed by atoms with van der Waals surface area (Å²) in [5, 5.41) is 3.26. The Kier molecular flexibility index (Phi) is 2.78. The summed E-state index contributed by atoms with van der Waals surface area (Å²) in [5.74, 6) is 1.44. The third kappa shape index (κ3) is 2.20. The van der Waals surface area contributed by atoms with Gasteiger partial charge < -0.3 is 10.3 Å². The number of benzene rings is 1. The number of imidazole rings is 1. The Bertz CT molecular complexity index is 603. The van der Waals surface area contributed by atoms with Crippen LogP contribution in [0.15, 0.2) is 18.2 Å². The van der Waals surface area contributed by atoms with E-state index in [1.54, 1.807) is 0 Å². The van der Waals surface area contributed by atoms with Gasteiger partial charge >= 0.3 is 6.18 Å². The fourth-order valence-corrected chi connectivity index (χ4v) is 2.56. The number of nitrogens with one attached hydrogen (secondary N) is 2. The predicted octanol–water partition coefficient (Wildman–Crippen LogP) is 2.90. The van der Waals surface area contributed by atoms with Crippen LogP contribution >= 0.6 is 0 Å². The molecule has 1 fully saturated rings. The SMILES string of the molecule is C[C@@H]1CNC[C@H]1c1nc2ccc(C(F)(F)F)cc2[nH]1. The van der Waals surface area contributed by atoms with Crippen LogP contribution in [0.2, 0.25) is 0 Å². The second-order valence-electron chi connectivity index (χ2n) is 5.09. The number of hydrogen-bond donors (Lipinski definition) is 2. The molecule has 1 aromatic carbocycles. The van der Waals surface area contributed by atoms with Crippen molar-refractivity contribution in [2.45, 2.75) is 19.0 Å². The minimum atomic E-state index is -4.32. The molecule has 0 saturated carbocycles. The van der Waals surface area contributed by atoms with Crippen LogP contribution in [0, 0.1) is 5.92 Å². The highest BCUT2D eigenvalue weighted by atomic mass is 19.4. The molecule has 102 valence electrons. The molecule has 0 unspecified atom stereocenters. The van der Waals surface area contributed by atoms with Crippen molar-refractivity contribution in [1.29, 1.82) is 0 Å². The summed E-state index contributed by atoms with van der Waals surface area (Å²) in [6.45, 7) is 3.83. The zero-order valence-corrected chi connectivity index (χ0v) is 10.4. The van der Waals surface area contributed by atoms with Crippen LogP contribution in [0.1, 0.15) is 24.2 Å². The topological polar surface area (TPSA) is 40.7 Å². The second kappa shape index (κ2) is 4.23. The van der Waals surface area contributed by atoms with E-state index in [-0.39, 0.29) is 5.92 Å². The van der Waals surface area contributed by atoms with Crippen molar-refractivity contribution < 1.29 is 13.2 Å². The maximum atomic E-state index is 12.6. The number of alkyl halides is 3. The standard InChI is InChI=1S/C13H14F3N3/c1-7-5-17-6-9(7)12-18-10-3-2-8(13(14,15)16)4-11(10)19-12/h2-4,7,9,17H,5-6H2,1H3,(H,18,19)/t7-,9-/m1/s1. The zero-order valence-electron chi connectivity index (χ0n) is 10.4.